The Morgan fingerprint density at radius 3 is 2.50 bits per heavy atom. The van der Waals surface area contributed by atoms with Crippen LogP contribution in [0.4, 0.5) is 8.78 Å². The van der Waals surface area contributed by atoms with Gasteiger partial charge in [-0.2, -0.15) is 4.39 Å². The number of benzene rings is 1. The van der Waals surface area contributed by atoms with E-state index in [1.54, 1.807) is 19.1 Å². The summed E-state index contributed by atoms with van der Waals surface area (Å²) in [6.07, 6.45) is 10.9. The highest BCUT2D eigenvalue weighted by molar-refractivity contribution is 5.33. The Morgan fingerprint density at radius 2 is 1.86 bits per heavy atom. The highest BCUT2D eigenvalue weighted by Gasteiger charge is 2.26. The molecule has 1 aliphatic rings. The molecular formula is C19H26F2O. The summed E-state index contributed by atoms with van der Waals surface area (Å²) in [5, 5.41) is 0. The van der Waals surface area contributed by atoms with E-state index in [0.29, 0.717) is 5.56 Å². The van der Waals surface area contributed by atoms with E-state index in [9.17, 15) is 8.78 Å². The van der Waals surface area contributed by atoms with Crippen LogP contribution in [0.1, 0.15) is 70.3 Å². The minimum absolute atomic E-state index is 0.0454. The molecule has 1 fully saturated rings. The van der Waals surface area contributed by atoms with E-state index in [1.807, 2.05) is 0 Å². The first kappa shape index (κ1) is 17.0. The quantitative estimate of drug-likeness (QED) is 0.557. The number of hydrogen-bond donors (Lipinski definition) is 0. The number of allylic oxidation sites excluding steroid dienone is 1. The predicted molar refractivity (Wildman–Crippen MR) is 86.0 cm³/mol. The first-order chi connectivity index (χ1) is 10.7. The molecule has 2 rings (SSSR count). The first-order valence-electron chi connectivity index (χ1n) is 8.43. The monoisotopic (exact) mass is 308 g/mol. The van der Waals surface area contributed by atoms with Crippen molar-refractivity contribution in [3.63, 3.8) is 0 Å². The molecule has 1 aromatic carbocycles. The second-order valence-corrected chi connectivity index (χ2v) is 6.23. The molecular weight excluding hydrogens is 282 g/mol. The molecule has 122 valence electrons. The largest absolute Gasteiger partial charge is 0.462 e. The van der Waals surface area contributed by atoms with Crippen LogP contribution >= 0.6 is 0 Å². The maximum Gasteiger partial charge on any atom is 0.201 e. The Bertz CT molecular complexity index is 502. The molecule has 0 aliphatic heterocycles. The minimum atomic E-state index is -0.872. The summed E-state index contributed by atoms with van der Waals surface area (Å²) in [6, 6.07) is 3.23. The lowest BCUT2D eigenvalue weighted by atomic mass is 9.77. The van der Waals surface area contributed by atoms with Gasteiger partial charge in [-0.25, -0.2) is 4.39 Å². The van der Waals surface area contributed by atoms with E-state index in [1.165, 1.54) is 31.6 Å². The molecule has 1 aliphatic carbocycles. The van der Waals surface area contributed by atoms with Crippen LogP contribution in [0.2, 0.25) is 0 Å². The average Bonchev–Trinajstić information content (AvgIpc) is 2.55. The molecule has 1 saturated carbocycles. The van der Waals surface area contributed by atoms with Gasteiger partial charge in [-0.3, -0.25) is 0 Å². The van der Waals surface area contributed by atoms with E-state index >= 15 is 0 Å². The van der Waals surface area contributed by atoms with Crippen LogP contribution in [0, 0.1) is 17.6 Å². The molecule has 0 heterocycles. The fourth-order valence-corrected chi connectivity index (χ4v) is 3.35. The van der Waals surface area contributed by atoms with Crippen molar-refractivity contribution in [3.05, 3.63) is 41.7 Å². The van der Waals surface area contributed by atoms with Crippen LogP contribution < -0.4 is 4.74 Å². The first-order valence-corrected chi connectivity index (χ1v) is 8.43. The predicted octanol–water partition coefficient (Wildman–Crippen LogP) is 6.34. The summed E-state index contributed by atoms with van der Waals surface area (Å²) in [5.41, 5.74) is 0.513. The van der Waals surface area contributed by atoms with Gasteiger partial charge >= 0.3 is 0 Å². The van der Waals surface area contributed by atoms with Gasteiger partial charge < -0.3 is 4.74 Å². The topological polar surface area (TPSA) is 9.23 Å². The second kappa shape index (κ2) is 8.30. The third kappa shape index (κ3) is 4.08. The number of ether oxygens (including phenoxy) is 1. The summed E-state index contributed by atoms with van der Waals surface area (Å²) in [7, 11) is 0. The Balaban J connectivity index is 2.03. The summed E-state index contributed by atoms with van der Waals surface area (Å²) in [5.74, 6) is -0.747. The van der Waals surface area contributed by atoms with E-state index in [-0.39, 0.29) is 11.7 Å². The maximum absolute atomic E-state index is 14.3. The third-order valence-electron chi connectivity index (χ3n) is 4.66. The summed E-state index contributed by atoms with van der Waals surface area (Å²) in [6.45, 7) is 3.97. The van der Waals surface area contributed by atoms with Gasteiger partial charge in [0.2, 0.25) is 5.82 Å². The van der Waals surface area contributed by atoms with Crippen LogP contribution in [0.15, 0.2) is 24.5 Å². The highest BCUT2D eigenvalue weighted by Crippen LogP contribution is 2.39. The van der Waals surface area contributed by atoms with Gasteiger partial charge in [0.1, 0.15) is 0 Å². The van der Waals surface area contributed by atoms with Gasteiger partial charge in [0.25, 0.3) is 0 Å². The van der Waals surface area contributed by atoms with Crippen molar-refractivity contribution in [2.45, 2.75) is 64.7 Å². The standard InChI is InChI=1S/C19H26F2O/c1-3-5-6-14-7-9-15(10-8-14)16-11-12-17(22-13-4-2)19(21)18(16)20/h4,11-15H,3,5-10H2,1-2H3. The van der Waals surface area contributed by atoms with Gasteiger partial charge in [-0.15, -0.1) is 0 Å². The summed E-state index contributed by atoms with van der Waals surface area (Å²) >= 11 is 0. The Labute approximate surface area is 132 Å². The smallest absolute Gasteiger partial charge is 0.201 e. The van der Waals surface area contributed by atoms with Gasteiger partial charge in [0.15, 0.2) is 11.6 Å². The maximum atomic E-state index is 14.3. The number of halogens is 2. The van der Waals surface area contributed by atoms with Crippen molar-refractivity contribution in [3.8, 4) is 5.75 Å². The molecule has 0 radical (unpaired) electrons. The second-order valence-electron chi connectivity index (χ2n) is 6.23. The van der Waals surface area contributed by atoms with Crippen LogP contribution in [0.25, 0.3) is 0 Å². The molecule has 0 unspecified atom stereocenters. The molecule has 1 aromatic rings. The third-order valence-corrected chi connectivity index (χ3v) is 4.66. The highest BCUT2D eigenvalue weighted by atomic mass is 19.2. The fraction of sp³-hybridized carbons (Fsp3) is 0.579. The molecule has 1 nitrogen and oxygen atoms in total. The van der Waals surface area contributed by atoms with Gasteiger partial charge in [-0.05, 0) is 56.1 Å². The zero-order chi connectivity index (χ0) is 15.9. The van der Waals surface area contributed by atoms with Crippen molar-refractivity contribution in [1.82, 2.24) is 0 Å². The zero-order valence-corrected chi connectivity index (χ0v) is 13.6. The van der Waals surface area contributed by atoms with Crippen molar-refractivity contribution >= 4 is 0 Å². The molecule has 0 aromatic heterocycles. The number of unbranched alkanes of at least 4 members (excludes halogenated alkanes) is 1. The molecule has 0 amide bonds. The van der Waals surface area contributed by atoms with Crippen LogP contribution in [-0.4, -0.2) is 0 Å². The normalized spacial score (nSPS) is 22.2. The Morgan fingerprint density at radius 1 is 1.14 bits per heavy atom. The molecule has 0 atom stereocenters. The van der Waals surface area contributed by atoms with Crippen molar-refractivity contribution in [2.75, 3.05) is 0 Å². The number of rotatable bonds is 6. The number of hydrogen-bond acceptors (Lipinski definition) is 1. The van der Waals surface area contributed by atoms with E-state index < -0.39 is 11.6 Å². The molecule has 0 N–H and O–H groups in total. The lowest BCUT2D eigenvalue weighted by Gasteiger charge is -2.29. The van der Waals surface area contributed by atoms with Gasteiger partial charge in [-0.1, -0.05) is 38.3 Å². The lowest BCUT2D eigenvalue weighted by Crippen LogP contribution is -2.15. The molecule has 0 bridgehead atoms. The van der Waals surface area contributed by atoms with Crippen molar-refractivity contribution < 1.29 is 13.5 Å². The van der Waals surface area contributed by atoms with Gasteiger partial charge in [0.05, 0.1) is 6.26 Å². The van der Waals surface area contributed by atoms with Crippen molar-refractivity contribution in [2.24, 2.45) is 5.92 Å². The summed E-state index contributed by atoms with van der Waals surface area (Å²) in [4.78, 5) is 0. The Hall–Kier alpha value is -1.38. The fourth-order valence-electron chi connectivity index (χ4n) is 3.35. The van der Waals surface area contributed by atoms with Crippen LogP contribution in [0.3, 0.4) is 0 Å². The zero-order valence-electron chi connectivity index (χ0n) is 13.6. The van der Waals surface area contributed by atoms with E-state index in [0.717, 1.165) is 31.6 Å². The Kier molecular flexibility index (Phi) is 6.41. The van der Waals surface area contributed by atoms with E-state index in [4.69, 9.17) is 4.74 Å². The van der Waals surface area contributed by atoms with Crippen LogP contribution in [0.5, 0.6) is 5.75 Å². The van der Waals surface area contributed by atoms with E-state index in [2.05, 4.69) is 6.92 Å². The molecule has 22 heavy (non-hydrogen) atoms. The minimum Gasteiger partial charge on any atom is -0.462 e. The SMILES string of the molecule is CC=COc1ccc(C2CCC(CCCC)CC2)c(F)c1F. The van der Waals surface area contributed by atoms with Gasteiger partial charge in [0, 0.05) is 0 Å². The van der Waals surface area contributed by atoms with Crippen molar-refractivity contribution in [1.29, 1.82) is 0 Å². The van der Waals surface area contributed by atoms with Crippen LogP contribution in [-0.2, 0) is 0 Å². The molecule has 0 spiro atoms. The lowest BCUT2D eigenvalue weighted by molar-refractivity contribution is 0.298. The summed E-state index contributed by atoms with van der Waals surface area (Å²) < 4.78 is 33.4. The average molecular weight is 308 g/mol. The molecule has 3 heteroatoms. The molecule has 0 saturated heterocycles.